The van der Waals surface area contributed by atoms with Crippen LogP contribution in [0.2, 0.25) is 0 Å². The molecule has 4 rings (SSSR count). The van der Waals surface area contributed by atoms with Gasteiger partial charge in [-0.05, 0) is 62.4 Å². The van der Waals surface area contributed by atoms with Crippen molar-refractivity contribution in [3.63, 3.8) is 0 Å². The highest BCUT2D eigenvalue weighted by molar-refractivity contribution is 7.92. The molecular weight excluding hydrogens is 384 g/mol. The Balaban J connectivity index is 1.44. The van der Waals surface area contributed by atoms with Crippen molar-refractivity contribution in [1.29, 1.82) is 0 Å². The van der Waals surface area contributed by atoms with Gasteiger partial charge in [0, 0.05) is 11.7 Å². The molecule has 2 aliphatic rings. The van der Waals surface area contributed by atoms with E-state index in [4.69, 9.17) is 0 Å². The SMILES string of the molecule is Cc1ccc(S(=O)(=O)Nc2ccc(C3(C(=O)NC4CCCCC4)CC3)cc2)cc1. The van der Waals surface area contributed by atoms with Gasteiger partial charge in [-0.1, -0.05) is 49.1 Å². The van der Waals surface area contributed by atoms with Crippen LogP contribution < -0.4 is 10.0 Å². The van der Waals surface area contributed by atoms with Crippen LogP contribution in [-0.2, 0) is 20.2 Å². The topological polar surface area (TPSA) is 75.3 Å². The molecule has 0 atom stereocenters. The molecule has 0 aromatic heterocycles. The number of sulfonamides is 1. The zero-order chi connectivity index (χ0) is 20.5. The zero-order valence-corrected chi connectivity index (χ0v) is 17.6. The van der Waals surface area contributed by atoms with Gasteiger partial charge in [0.25, 0.3) is 10.0 Å². The molecule has 154 valence electrons. The fourth-order valence-corrected chi connectivity index (χ4v) is 5.19. The van der Waals surface area contributed by atoms with Crippen LogP contribution in [0.4, 0.5) is 5.69 Å². The molecule has 2 aliphatic carbocycles. The standard InChI is InChI=1S/C23H28N2O3S/c1-17-7-13-21(14-8-17)29(27,28)25-20-11-9-18(10-12-20)23(15-16-23)22(26)24-19-5-3-2-4-6-19/h7-14,19,25H,2-6,15-16H2,1H3,(H,24,26). The molecule has 0 radical (unpaired) electrons. The second-order valence-corrected chi connectivity index (χ2v) is 10.1. The zero-order valence-electron chi connectivity index (χ0n) is 16.8. The number of rotatable bonds is 6. The molecule has 6 heteroatoms. The van der Waals surface area contributed by atoms with Crippen LogP contribution in [0.3, 0.4) is 0 Å². The van der Waals surface area contributed by atoms with E-state index in [0.29, 0.717) is 11.7 Å². The fourth-order valence-electron chi connectivity index (χ4n) is 4.13. The molecule has 0 saturated heterocycles. The van der Waals surface area contributed by atoms with Crippen molar-refractivity contribution >= 4 is 21.6 Å². The predicted octanol–water partition coefficient (Wildman–Crippen LogP) is 4.28. The Morgan fingerprint density at radius 2 is 1.55 bits per heavy atom. The number of carbonyl (C=O) groups excluding carboxylic acids is 1. The molecule has 2 aromatic rings. The molecule has 0 aliphatic heterocycles. The molecule has 5 nitrogen and oxygen atoms in total. The number of aryl methyl sites for hydroxylation is 1. The van der Waals surface area contributed by atoms with E-state index >= 15 is 0 Å². The minimum Gasteiger partial charge on any atom is -0.353 e. The average molecular weight is 413 g/mol. The van der Waals surface area contributed by atoms with Gasteiger partial charge in [-0.15, -0.1) is 0 Å². The van der Waals surface area contributed by atoms with Gasteiger partial charge in [-0.25, -0.2) is 8.42 Å². The van der Waals surface area contributed by atoms with Crippen LogP contribution in [0.15, 0.2) is 53.4 Å². The summed E-state index contributed by atoms with van der Waals surface area (Å²) in [6.45, 7) is 1.92. The molecule has 0 heterocycles. The summed E-state index contributed by atoms with van der Waals surface area (Å²) < 4.78 is 27.7. The first-order valence-electron chi connectivity index (χ1n) is 10.4. The Morgan fingerprint density at radius 3 is 2.14 bits per heavy atom. The molecule has 29 heavy (non-hydrogen) atoms. The lowest BCUT2D eigenvalue weighted by atomic mass is 9.91. The van der Waals surface area contributed by atoms with Crippen molar-refractivity contribution in [2.24, 2.45) is 0 Å². The molecule has 2 aromatic carbocycles. The summed E-state index contributed by atoms with van der Waals surface area (Å²) in [5.74, 6) is 0.123. The summed E-state index contributed by atoms with van der Waals surface area (Å²) in [6.07, 6.45) is 7.47. The van der Waals surface area contributed by atoms with Crippen LogP contribution in [0.1, 0.15) is 56.1 Å². The van der Waals surface area contributed by atoms with E-state index in [1.165, 1.54) is 19.3 Å². The summed E-state index contributed by atoms with van der Waals surface area (Å²) in [4.78, 5) is 13.1. The van der Waals surface area contributed by atoms with E-state index < -0.39 is 15.4 Å². The number of benzene rings is 2. The van der Waals surface area contributed by atoms with Crippen molar-refractivity contribution in [2.75, 3.05) is 4.72 Å². The number of anilines is 1. The van der Waals surface area contributed by atoms with E-state index in [-0.39, 0.29) is 10.8 Å². The molecular formula is C23H28N2O3S. The van der Waals surface area contributed by atoms with Crippen LogP contribution in [0, 0.1) is 6.92 Å². The number of hydrogen-bond donors (Lipinski definition) is 2. The van der Waals surface area contributed by atoms with Crippen LogP contribution in [0.5, 0.6) is 0 Å². The molecule has 0 bridgehead atoms. The quantitative estimate of drug-likeness (QED) is 0.744. The molecule has 2 N–H and O–H groups in total. The van der Waals surface area contributed by atoms with E-state index in [9.17, 15) is 13.2 Å². The molecule has 2 fully saturated rings. The van der Waals surface area contributed by atoms with Crippen molar-refractivity contribution < 1.29 is 13.2 Å². The van der Waals surface area contributed by atoms with Crippen LogP contribution >= 0.6 is 0 Å². The summed E-state index contributed by atoms with van der Waals surface area (Å²) in [5, 5.41) is 3.25. The van der Waals surface area contributed by atoms with Crippen LogP contribution in [0.25, 0.3) is 0 Å². The van der Waals surface area contributed by atoms with Crippen molar-refractivity contribution in [3.8, 4) is 0 Å². The summed E-state index contributed by atoms with van der Waals surface area (Å²) in [6, 6.07) is 14.3. The summed E-state index contributed by atoms with van der Waals surface area (Å²) >= 11 is 0. The lowest BCUT2D eigenvalue weighted by Crippen LogP contribution is -2.42. The number of hydrogen-bond acceptors (Lipinski definition) is 3. The maximum absolute atomic E-state index is 12.9. The number of carbonyl (C=O) groups is 1. The monoisotopic (exact) mass is 412 g/mol. The van der Waals surface area contributed by atoms with E-state index in [0.717, 1.165) is 36.8 Å². The first kappa shape index (κ1) is 20.0. The number of nitrogens with one attached hydrogen (secondary N) is 2. The molecule has 0 spiro atoms. The van der Waals surface area contributed by atoms with E-state index in [1.807, 2.05) is 19.1 Å². The maximum atomic E-state index is 12.9. The normalized spacial score (nSPS) is 18.8. The van der Waals surface area contributed by atoms with Gasteiger partial charge in [-0.3, -0.25) is 9.52 Å². The summed E-state index contributed by atoms with van der Waals surface area (Å²) in [7, 11) is -3.63. The van der Waals surface area contributed by atoms with Gasteiger partial charge in [0.05, 0.1) is 10.3 Å². The van der Waals surface area contributed by atoms with Gasteiger partial charge in [0.2, 0.25) is 5.91 Å². The van der Waals surface area contributed by atoms with E-state index in [2.05, 4.69) is 10.0 Å². The third-order valence-corrected chi connectivity index (χ3v) is 7.54. The highest BCUT2D eigenvalue weighted by Crippen LogP contribution is 2.48. The number of amides is 1. The fraction of sp³-hybridized carbons (Fsp3) is 0.435. The Hall–Kier alpha value is -2.34. The lowest BCUT2D eigenvalue weighted by molar-refractivity contribution is -0.124. The third-order valence-electron chi connectivity index (χ3n) is 6.15. The van der Waals surface area contributed by atoms with E-state index in [1.54, 1.807) is 36.4 Å². The smallest absolute Gasteiger partial charge is 0.261 e. The van der Waals surface area contributed by atoms with Crippen molar-refractivity contribution in [1.82, 2.24) is 5.32 Å². The first-order valence-corrected chi connectivity index (χ1v) is 11.9. The minimum atomic E-state index is -3.63. The molecule has 0 unspecified atom stereocenters. The Bertz CT molecular complexity index is 972. The van der Waals surface area contributed by atoms with Crippen molar-refractivity contribution in [3.05, 3.63) is 59.7 Å². The highest BCUT2D eigenvalue weighted by atomic mass is 32.2. The first-order chi connectivity index (χ1) is 13.9. The predicted molar refractivity (Wildman–Crippen MR) is 114 cm³/mol. The molecule has 2 saturated carbocycles. The summed E-state index contributed by atoms with van der Waals surface area (Å²) in [5.41, 5.74) is 2.03. The second-order valence-electron chi connectivity index (χ2n) is 8.39. The largest absolute Gasteiger partial charge is 0.353 e. The lowest BCUT2D eigenvalue weighted by Gasteiger charge is -2.25. The minimum absolute atomic E-state index is 0.123. The van der Waals surface area contributed by atoms with Crippen LogP contribution in [-0.4, -0.2) is 20.4 Å². The van der Waals surface area contributed by atoms with Gasteiger partial charge in [0.1, 0.15) is 0 Å². The third kappa shape index (κ3) is 4.32. The van der Waals surface area contributed by atoms with Gasteiger partial charge >= 0.3 is 0 Å². The second kappa shape index (κ2) is 7.82. The van der Waals surface area contributed by atoms with Gasteiger partial charge in [-0.2, -0.15) is 0 Å². The van der Waals surface area contributed by atoms with Gasteiger partial charge < -0.3 is 5.32 Å². The van der Waals surface area contributed by atoms with Crippen molar-refractivity contribution in [2.45, 2.75) is 68.2 Å². The van der Waals surface area contributed by atoms with Gasteiger partial charge in [0.15, 0.2) is 0 Å². The Morgan fingerprint density at radius 1 is 0.931 bits per heavy atom. The molecule has 1 amide bonds. The Labute approximate surface area is 173 Å². The highest BCUT2D eigenvalue weighted by Gasteiger charge is 2.51. The Kier molecular flexibility index (Phi) is 5.38. The average Bonchev–Trinajstić information content (AvgIpc) is 3.51. The maximum Gasteiger partial charge on any atom is 0.261 e.